The van der Waals surface area contributed by atoms with Gasteiger partial charge in [0.15, 0.2) is 0 Å². The maximum Gasteiger partial charge on any atom is 0.307 e. The van der Waals surface area contributed by atoms with Crippen molar-refractivity contribution >= 4 is 11.6 Å². The molecule has 0 spiro atoms. The van der Waals surface area contributed by atoms with Crippen molar-refractivity contribution in [2.45, 2.75) is 6.42 Å². The van der Waals surface area contributed by atoms with E-state index in [0.29, 0.717) is 22.8 Å². The van der Waals surface area contributed by atoms with Crippen LogP contribution < -0.4 is 4.74 Å². The van der Waals surface area contributed by atoms with E-state index in [1.165, 1.54) is 16.9 Å². The average Bonchev–Trinajstić information content (AvgIpc) is 2.90. The number of nitrogens with zero attached hydrogens (tertiary/aromatic N) is 5. The highest BCUT2D eigenvalue weighted by atomic mass is 16.5. The number of carboxylic acids is 1. The third-order valence-corrected chi connectivity index (χ3v) is 2.58. The zero-order valence-corrected chi connectivity index (χ0v) is 10.2. The highest BCUT2D eigenvalue weighted by molar-refractivity contribution is 5.70. The Hall–Kier alpha value is -3.03. The zero-order chi connectivity index (χ0) is 13.9. The summed E-state index contributed by atoms with van der Waals surface area (Å²) in [6, 6.07) is 6.75. The molecular weight excluding hydrogens is 262 g/mol. The second kappa shape index (κ2) is 4.92. The highest BCUT2D eigenvalue weighted by Crippen LogP contribution is 2.20. The molecule has 0 aliphatic heterocycles. The molecule has 0 radical (unpaired) electrons. The van der Waals surface area contributed by atoms with Crippen molar-refractivity contribution in [1.82, 2.24) is 25.0 Å². The summed E-state index contributed by atoms with van der Waals surface area (Å²) in [5.74, 6) is 0.0451. The number of carbonyl (C=O) groups is 1. The molecule has 0 saturated carbocycles. The summed E-state index contributed by atoms with van der Waals surface area (Å²) >= 11 is 0. The molecule has 3 aromatic rings. The zero-order valence-electron chi connectivity index (χ0n) is 10.2. The number of tetrazole rings is 1. The van der Waals surface area contributed by atoms with Gasteiger partial charge in [-0.3, -0.25) is 9.78 Å². The first-order valence-corrected chi connectivity index (χ1v) is 5.73. The lowest BCUT2D eigenvalue weighted by atomic mass is 10.1. The Bertz CT molecular complexity index is 753. The van der Waals surface area contributed by atoms with Crippen molar-refractivity contribution in [3.63, 3.8) is 0 Å². The molecule has 2 heterocycles. The van der Waals surface area contributed by atoms with Gasteiger partial charge in [0.2, 0.25) is 11.5 Å². The second-order valence-corrected chi connectivity index (χ2v) is 4.01. The first-order chi connectivity index (χ1) is 9.72. The summed E-state index contributed by atoms with van der Waals surface area (Å²) in [6.45, 7) is 0. The number of carboxylic acid groups (broad SMARTS) is 1. The van der Waals surface area contributed by atoms with Gasteiger partial charge in [-0.2, -0.15) is 4.52 Å². The number of benzene rings is 1. The SMILES string of the molecule is O=C(O)Cc1ccc(Oc2cncc3nnnn23)cc1. The van der Waals surface area contributed by atoms with Gasteiger partial charge in [0, 0.05) is 0 Å². The van der Waals surface area contributed by atoms with E-state index in [4.69, 9.17) is 9.84 Å². The topological polar surface area (TPSA) is 102 Å². The molecule has 8 heteroatoms. The molecule has 0 amide bonds. The Balaban J connectivity index is 1.84. The summed E-state index contributed by atoms with van der Waals surface area (Å²) in [5.41, 5.74) is 1.17. The molecule has 0 saturated heterocycles. The van der Waals surface area contributed by atoms with Crippen LogP contribution in [0.15, 0.2) is 36.7 Å². The molecule has 100 valence electrons. The molecular formula is C12H9N5O3. The van der Waals surface area contributed by atoms with E-state index in [9.17, 15) is 4.79 Å². The number of rotatable bonds is 4. The van der Waals surface area contributed by atoms with E-state index in [-0.39, 0.29) is 6.42 Å². The van der Waals surface area contributed by atoms with Crippen LogP contribution in [0.25, 0.3) is 5.65 Å². The van der Waals surface area contributed by atoms with Crippen LogP contribution in [0.2, 0.25) is 0 Å². The number of hydrogen-bond donors (Lipinski definition) is 1. The molecule has 1 N–H and O–H groups in total. The number of aliphatic carboxylic acids is 1. The van der Waals surface area contributed by atoms with E-state index in [1.54, 1.807) is 24.3 Å². The molecule has 0 atom stereocenters. The summed E-state index contributed by atoms with van der Waals surface area (Å²) in [5, 5.41) is 19.8. The molecule has 0 bridgehead atoms. The quantitative estimate of drug-likeness (QED) is 0.753. The second-order valence-electron chi connectivity index (χ2n) is 4.01. The lowest BCUT2D eigenvalue weighted by Gasteiger charge is -2.06. The first kappa shape index (κ1) is 12.0. The fourth-order valence-corrected chi connectivity index (χ4v) is 1.69. The molecule has 20 heavy (non-hydrogen) atoms. The summed E-state index contributed by atoms with van der Waals surface area (Å²) in [6.07, 6.45) is 2.99. The van der Waals surface area contributed by atoms with E-state index >= 15 is 0 Å². The number of fused-ring (bicyclic) bond motifs is 1. The van der Waals surface area contributed by atoms with Crippen LogP contribution in [0.1, 0.15) is 5.56 Å². The molecule has 0 aliphatic carbocycles. The normalized spacial score (nSPS) is 10.6. The lowest BCUT2D eigenvalue weighted by molar-refractivity contribution is -0.136. The van der Waals surface area contributed by atoms with Crippen LogP contribution in [0.5, 0.6) is 11.6 Å². The molecule has 1 aromatic carbocycles. The van der Waals surface area contributed by atoms with Gasteiger partial charge in [-0.1, -0.05) is 12.1 Å². The third-order valence-electron chi connectivity index (χ3n) is 2.58. The predicted molar refractivity (Wildman–Crippen MR) is 66.4 cm³/mol. The maximum absolute atomic E-state index is 10.6. The minimum absolute atomic E-state index is 0.0234. The Morgan fingerprint density at radius 1 is 1.25 bits per heavy atom. The Kier molecular flexibility index (Phi) is 2.96. The number of hydrogen-bond acceptors (Lipinski definition) is 6. The summed E-state index contributed by atoms with van der Waals surface area (Å²) in [7, 11) is 0. The molecule has 8 nitrogen and oxygen atoms in total. The van der Waals surface area contributed by atoms with Gasteiger partial charge in [0.25, 0.3) is 0 Å². The fourth-order valence-electron chi connectivity index (χ4n) is 1.69. The van der Waals surface area contributed by atoms with Gasteiger partial charge in [-0.15, -0.1) is 5.10 Å². The van der Waals surface area contributed by atoms with Crippen molar-refractivity contribution in [2.24, 2.45) is 0 Å². The minimum Gasteiger partial charge on any atom is -0.481 e. The van der Waals surface area contributed by atoms with Gasteiger partial charge in [-0.05, 0) is 28.1 Å². The monoisotopic (exact) mass is 271 g/mol. The molecule has 0 aliphatic rings. The van der Waals surface area contributed by atoms with E-state index in [1.807, 2.05) is 0 Å². The maximum atomic E-state index is 10.6. The van der Waals surface area contributed by atoms with Crippen molar-refractivity contribution in [3.05, 3.63) is 42.2 Å². The largest absolute Gasteiger partial charge is 0.481 e. The van der Waals surface area contributed by atoms with E-state index in [2.05, 4.69) is 20.5 Å². The van der Waals surface area contributed by atoms with Gasteiger partial charge >= 0.3 is 5.97 Å². The van der Waals surface area contributed by atoms with Crippen molar-refractivity contribution in [1.29, 1.82) is 0 Å². The van der Waals surface area contributed by atoms with Gasteiger partial charge in [-0.25, -0.2) is 0 Å². The molecule has 3 rings (SSSR count). The van der Waals surface area contributed by atoms with Crippen molar-refractivity contribution in [3.8, 4) is 11.6 Å². The standard InChI is InChI=1S/C12H9N5O3/c18-12(19)5-8-1-3-9(4-2-8)20-11-7-13-6-10-14-15-16-17(10)11/h1-4,6-7H,5H2,(H,18,19). The Morgan fingerprint density at radius 3 is 2.80 bits per heavy atom. The minimum atomic E-state index is -0.874. The summed E-state index contributed by atoms with van der Waals surface area (Å²) < 4.78 is 7.04. The number of aromatic nitrogens is 5. The van der Waals surface area contributed by atoms with Gasteiger partial charge < -0.3 is 9.84 Å². The molecule has 2 aromatic heterocycles. The van der Waals surface area contributed by atoms with Gasteiger partial charge in [0.1, 0.15) is 5.75 Å². The first-order valence-electron chi connectivity index (χ1n) is 5.73. The van der Waals surface area contributed by atoms with Crippen LogP contribution in [0.3, 0.4) is 0 Å². The van der Waals surface area contributed by atoms with Gasteiger partial charge in [0.05, 0.1) is 18.8 Å². The van der Waals surface area contributed by atoms with E-state index < -0.39 is 5.97 Å². The Labute approximate surface area is 112 Å². The summed E-state index contributed by atoms with van der Waals surface area (Å²) in [4.78, 5) is 14.6. The van der Waals surface area contributed by atoms with Crippen LogP contribution in [-0.4, -0.2) is 36.1 Å². The third kappa shape index (κ3) is 2.39. The van der Waals surface area contributed by atoms with Crippen LogP contribution in [0, 0.1) is 0 Å². The number of ether oxygens (including phenoxy) is 1. The average molecular weight is 271 g/mol. The lowest BCUT2D eigenvalue weighted by Crippen LogP contribution is -2.00. The van der Waals surface area contributed by atoms with Crippen LogP contribution in [-0.2, 0) is 11.2 Å². The highest BCUT2D eigenvalue weighted by Gasteiger charge is 2.07. The smallest absolute Gasteiger partial charge is 0.307 e. The molecule has 0 fully saturated rings. The molecule has 0 unspecified atom stereocenters. The predicted octanol–water partition coefficient (Wildman–Crippen LogP) is 0.939. The van der Waals surface area contributed by atoms with Crippen molar-refractivity contribution < 1.29 is 14.6 Å². The van der Waals surface area contributed by atoms with Crippen LogP contribution >= 0.6 is 0 Å². The Morgan fingerprint density at radius 2 is 2.05 bits per heavy atom. The fraction of sp³-hybridized carbons (Fsp3) is 0.0833. The van der Waals surface area contributed by atoms with Crippen LogP contribution in [0.4, 0.5) is 0 Å². The van der Waals surface area contributed by atoms with E-state index in [0.717, 1.165) is 0 Å². The van der Waals surface area contributed by atoms with Crippen molar-refractivity contribution in [2.75, 3.05) is 0 Å².